The van der Waals surface area contributed by atoms with Gasteiger partial charge in [-0.25, -0.2) is 0 Å². The molecule has 66 valence electrons. The van der Waals surface area contributed by atoms with Crippen molar-refractivity contribution in [2.24, 2.45) is 5.41 Å². The monoisotopic (exact) mass is 164 g/mol. The molecule has 4 aliphatic rings. The predicted molar refractivity (Wildman–Crippen MR) is 48.1 cm³/mol. The fourth-order valence-corrected chi connectivity index (χ4v) is 3.42. The molecular weight excluding hydrogens is 148 g/mol. The minimum absolute atomic E-state index is 0.588. The van der Waals surface area contributed by atoms with Gasteiger partial charge in [0, 0.05) is 25.7 Å². The van der Waals surface area contributed by atoms with Crippen molar-refractivity contribution in [3.63, 3.8) is 0 Å². The van der Waals surface area contributed by atoms with E-state index < -0.39 is 0 Å². The van der Waals surface area contributed by atoms with Crippen LogP contribution in [0.2, 0.25) is 0 Å². The van der Waals surface area contributed by atoms with E-state index in [-0.39, 0.29) is 0 Å². The first kappa shape index (κ1) is 6.93. The van der Waals surface area contributed by atoms with Crippen LogP contribution in [0.5, 0.6) is 0 Å². The summed E-state index contributed by atoms with van der Waals surface area (Å²) in [4.78, 5) is 0. The molecule has 0 aromatic rings. The van der Waals surface area contributed by atoms with Crippen LogP contribution in [0.15, 0.2) is 0 Å². The molecule has 0 radical (unpaired) electrons. The van der Waals surface area contributed by atoms with E-state index in [0.29, 0.717) is 11.5 Å². The number of nitrogens with one attached hydrogen (secondary N) is 1. The zero-order valence-corrected chi connectivity index (χ0v) is 7.47. The van der Waals surface area contributed by atoms with Gasteiger partial charge >= 0.3 is 0 Å². The molecule has 0 amide bonds. The molecule has 0 aromatic heterocycles. The first-order valence-corrected chi connectivity index (χ1v) is 5.14. The van der Waals surface area contributed by atoms with Crippen LogP contribution in [0.3, 0.4) is 0 Å². The van der Waals surface area contributed by atoms with Gasteiger partial charge in [0.05, 0.1) is 0 Å². The van der Waals surface area contributed by atoms with Crippen LogP contribution in [-0.4, -0.2) is 16.4 Å². The number of rotatable bonds is 0. The average Bonchev–Trinajstić information content (AvgIpc) is 2.38. The summed E-state index contributed by atoms with van der Waals surface area (Å²) in [5.41, 5.74) is 2.11. The van der Waals surface area contributed by atoms with E-state index in [1.807, 2.05) is 4.68 Å². The molecule has 1 unspecified atom stereocenters. The maximum atomic E-state index is 7.97. The molecule has 3 bridgehead atoms. The van der Waals surface area contributed by atoms with Gasteiger partial charge in [-0.15, -0.1) is 0 Å². The Labute approximate surface area is 73.4 Å². The highest BCUT2D eigenvalue weighted by Crippen LogP contribution is 2.51. The average molecular weight is 164 g/mol. The summed E-state index contributed by atoms with van der Waals surface area (Å²) in [6.45, 7) is 0. The molecule has 2 heterocycles. The van der Waals surface area contributed by atoms with Crippen molar-refractivity contribution < 1.29 is 4.68 Å². The van der Waals surface area contributed by atoms with Crippen LogP contribution in [0.25, 0.3) is 5.84 Å². The third-order valence-corrected chi connectivity index (χ3v) is 4.27. The number of nitrogens with zero attached hydrogens (tertiary/aromatic N) is 1. The third-order valence-electron chi connectivity index (χ3n) is 4.27. The Morgan fingerprint density at radius 1 is 1.25 bits per heavy atom. The molecule has 2 aliphatic heterocycles. The van der Waals surface area contributed by atoms with Crippen LogP contribution >= 0.6 is 0 Å². The second-order valence-electron chi connectivity index (χ2n) is 4.83. The number of fused-ring (bicyclic) bond motifs is 2. The van der Waals surface area contributed by atoms with Crippen LogP contribution in [0.4, 0.5) is 0 Å². The van der Waals surface area contributed by atoms with Gasteiger partial charge in [0.15, 0.2) is 0 Å². The molecular formula is C10H16N2. The maximum absolute atomic E-state index is 7.97. The second-order valence-corrected chi connectivity index (χ2v) is 4.83. The van der Waals surface area contributed by atoms with Crippen LogP contribution in [0.1, 0.15) is 44.9 Å². The van der Waals surface area contributed by atoms with E-state index >= 15 is 0 Å². The van der Waals surface area contributed by atoms with Crippen molar-refractivity contribution in [3.8, 4) is 0 Å². The van der Waals surface area contributed by atoms with E-state index in [4.69, 9.17) is 5.84 Å². The van der Waals surface area contributed by atoms with Gasteiger partial charge in [0.2, 0.25) is 0 Å². The molecule has 0 aromatic carbocycles. The largest absolute Gasteiger partial charge is 0.454 e. The molecule has 4 rings (SSSR count). The summed E-state index contributed by atoms with van der Waals surface area (Å²) in [7, 11) is 0. The Hall–Kier alpha value is -0.530. The highest BCUT2D eigenvalue weighted by Gasteiger charge is 2.48. The third kappa shape index (κ3) is 0.732. The van der Waals surface area contributed by atoms with Crippen molar-refractivity contribution in [1.82, 2.24) is 0 Å². The zero-order chi connectivity index (χ0) is 8.18. The normalized spacial score (nSPS) is 45.2. The summed E-state index contributed by atoms with van der Waals surface area (Å²) >= 11 is 0. The molecule has 2 fully saturated rings. The lowest BCUT2D eigenvalue weighted by molar-refractivity contribution is -0.501. The summed E-state index contributed by atoms with van der Waals surface area (Å²) < 4.78 is 1.86. The highest BCUT2D eigenvalue weighted by atomic mass is 15.3. The lowest BCUT2D eigenvalue weighted by Gasteiger charge is -2.30. The van der Waals surface area contributed by atoms with E-state index in [9.17, 15) is 0 Å². The fourth-order valence-electron chi connectivity index (χ4n) is 3.42. The van der Waals surface area contributed by atoms with E-state index in [2.05, 4.69) is 0 Å². The van der Waals surface area contributed by atoms with Crippen LogP contribution in [0, 0.1) is 5.41 Å². The van der Waals surface area contributed by atoms with E-state index in [0.717, 1.165) is 0 Å². The molecule has 12 heavy (non-hydrogen) atoms. The van der Waals surface area contributed by atoms with Gasteiger partial charge in [-0.1, -0.05) is 0 Å². The van der Waals surface area contributed by atoms with Crippen molar-refractivity contribution in [2.75, 3.05) is 0 Å². The fraction of sp³-hybridized carbons (Fsp3) is 0.900. The lowest BCUT2D eigenvalue weighted by Crippen LogP contribution is -2.26. The summed E-state index contributed by atoms with van der Waals surface area (Å²) in [6.07, 6.45) is 9.22. The van der Waals surface area contributed by atoms with Gasteiger partial charge in [0.25, 0.3) is 0 Å². The molecule has 1 N–H and O–H groups in total. The zero-order valence-electron chi connectivity index (χ0n) is 7.47. The smallest absolute Gasteiger partial charge is 0.147 e. The molecule has 1 spiro atoms. The Morgan fingerprint density at radius 2 is 2.00 bits per heavy atom. The minimum atomic E-state index is 0.588. The minimum Gasteiger partial charge on any atom is -0.454 e. The Morgan fingerprint density at radius 3 is 2.75 bits per heavy atom. The van der Waals surface area contributed by atoms with Gasteiger partial charge < -0.3 is 5.84 Å². The summed E-state index contributed by atoms with van der Waals surface area (Å²) in [5.74, 6) is 7.97. The topological polar surface area (TPSA) is 26.8 Å². The van der Waals surface area contributed by atoms with Crippen molar-refractivity contribution in [3.05, 3.63) is 5.84 Å². The molecule has 2 heteroatoms. The van der Waals surface area contributed by atoms with Gasteiger partial charge in [-0.2, -0.15) is 0 Å². The second kappa shape index (κ2) is 2.04. The quantitative estimate of drug-likeness (QED) is 0.492. The van der Waals surface area contributed by atoms with Crippen molar-refractivity contribution in [2.45, 2.75) is 51.0 Å². The van der Waals surface area contributed by atoms with Gasteiger partial charge in [-0.05, 0) is 24.7 Å². The molecule has 1 atom stereocenters. The molecule has 0 saturated heterocycles. The first-order chi connectivity index (χ1) is 5.79. The van der Waals surface area contributed by atoms with Gasteiger partial charge in [-0.3, -0.25) is 4.68 Å². The van der Waals surface area contributed by atoms with Crippen molar-refractivity contribution in [1.29, 1.82) is 0 Å². The van der Waals surface area contributed by atoms with E-state index in [1.165, 1.54) is 50.7 Å². The van der Waals surface area contributed by atoms with Crippen molar-refractivity contribution >= 4 is 5.71 Å². The maximum Gasteiger partial charge on any atom is 0.147 e. The standard InChI is InChI=1S/C10H16N2/c11-12-8-1-4-10(5-2-8)6-3-9(12)7-10/h9,11H,1-7H2. The lowest BCUT2D eigenvalue weighted by atomic mass is 9.73. The SMILES string of the molecule is [NH-][N+]1=C2CCC3(CC2)CCC1C3. The molecule has 2 aliphatic carbocycles. The molecule has 2 nitrogen and oxygen atoms in total. The van der Waals surface area contributed by atoms with Gasteiger partial charge in [0.1, 0.15) is 11.8 Å². The number of hydrogen-bond acceptors (Lipinski definition) is 0. The summed E-state index contributed by atoms with van der Waals surface area (Å²) in [5, 5.41) is 0. The summed E-state index contributed by atoms with van der Waals surface area (Å²) in [6, 6.07) is 0.588. The van der Waals surface area contributed by atoms with Crippen LogP contribution < -0.4 is 0 Å². The first-order valence-electron chi connectivity index (χ1n) is 5.14. The Kier molecular flexibility index (Phi) is 1.18. The highest BCUT2D eigenvalue weighted by molar-refractivity contribution is 5.81. The Balaban J connectivity index is 2.09. The van der Waals surface area contributed by atoms with E-state index in [1.54, 1.807) is 0 Å². The molecule has 2 saturated carbocycles. The predicted octanol–water partition coefficient (Wildman–Crippen LogP) is 2.53. The number of hydrogen-bond donors (Lipinski definition) is 0. The Bertz CT molecular complexity index is 245. The van der Waals surface area contributed by atoms with Crippen LogP contribution in [-0.2, 0) is 0 Å².